The van der Waals surface area contributed by atoms with Crippen LogP contribution >= 0.6 is 0 Å². The predicted molar refractivity (Wildman–Crippen MR) is 93.8 cm³/mol. The van der Waals surface area contributed by atoms with Crippen LogP contribution in [-0.4, -0.2) is 8.42 Å². The fourth-order valence-electron chi connectivity index (χ4n) is 2.55. The summed E-state index contributed by atoms with van der Waals surface area (Å²) in [6.45, 7) is 1.81. The summed E-state index contributed by atoms with van der Waals surface area (Å²) in [4.78, 5) is 0.147. The van der Waals surface area contributed by atoms with Crippen LogP contribution < -0.4 is 4.72 Å². The van der Waals surface area contributed by atoms with Crippen molar-refractivity contribution in [2.24, 2.45) is 0 Å². The number of nitriles is 1. The molecule has 0 spiro atoms. The second-order valence-electron chi connectivity index (χ2n) is 5.59. The van der Waals surface area contributed by atoms with E-state index in [4.69, 9.17) is 5.26 Å². The maximum atomic E-state index is 12.5. The van der Waals surface area contributed by atoms with Gasteiger partial charge in [0, 0.05) is 6.04 Å². The molecule has 0 heterocycles. The number of sulfonamides is 1. The van der Waals surface area contributed by atoms with Gasteiger partial charge in [-0.2, -0.15) is 5.26 Å². The summed E-state index contributed by atoms with van der Waals surface area (Å²) >= 11 is 0. The highest BCUT2D eigenvalue weighted by molar-refractivity contribution is 7.89. The van der Waals surface area contributed by atoms with E-state index < -0.39 is 10.0 Å². The van der Waals surface area contributed by atoms with Crippen LogP contribution in [0.25, 0.3) is 10.8 Å². The molecule has 120 valence electrons. The standard InChI is InChI=1S/C19H16N2O2S/c1-14(17-9-8-16-4-2-3-5-18(16)12-17)21-24(22,23)19-10-6-15(13-20)7-11-19/h2-12,14,21H,1H3/t14-/m0/s1. The number of hydrogen-bond donors (Lipinski definition) is 1. The highest BCUT2D eigenvalue weighted by Gasteiger charge is 2.18. The van der Waals surface area contributed by atoms with E-state index in [2.05, 4.69) is 4.72 Å². The fraction of sp³-hybridized carbons (Fsp3) is 0.105. The molecule has 5 heteroatoms. The molecule has 0 aliphatic heterocycles. The van der Waals surface area contributed by atoms with E-state index in [1.807, 2.05) is 55.5 Å². The van der Waals surface area contributed by atoms with Crippen LogP contribution in [0, 0.1) is 11.3 Å². The lowest BCUT2D eigenvalue weighted by Gasteiger charge is -2.15. The summed E-state index contributed by atoms with van der Waals surface area (Å²) in [7, 11) is -3.65. The Labute approximate surface area is 141 Å². The third-order valence-corrected chi connectivity index (χ3v) is 5.46. The Morgan fingerprint density at radius 2 is 1.62 bits per heavy atom. The number of benzene rings is 3. The molecule has 0 radical (unpaired) electrons. The molecule has 1 atom stereocenters. The first-order valence-electron chi connectivity index (χ1n) is 7.51. The zero-order valence-corrected chi connectivity index (χ0v) is 13.9. The van der Waals surface area contributed by atoms with Crippen LogP contribution in [0.2, 0.25) is 0 Å². The second kappa shape index (κ2) is 6.44. The Morgan fingerprint density at radius 3 is 2.29 bits per heavy atom. The lowest BCUT2D eigenvalue weighted by molar-refractivity contribution is 0.567. The number of hydrogen-bond acceptors (Lipinski definition) is 3. The Balaban J connectivity index is 1.86. The Kier molecular flexibility index (Phi) is 4.34. The number of nitrogens with one attached hydrogen (secondary N) is 1. The summed E-state index contributed by atoms with van der Waals surface area (Å²) in [6.07, 6.45) is 0. The first-order valence-corrected chi connectivity index (χ1v) is 8.99. The van der Waals surface area contributed by atoms with Gasteiger partial charge in [-0.15, -0.1) is 0 Å². The third kappa shape index (κ3) is 3.30. The van der Waals surface area contributed by atoms with Gasteiger partial charge in [0.1, 0.15) is 0 Å². The number of fused-ring (bicyclic) bond motifs is 1. The van der Waals surface area contributed by atoms with Crippen molar-refractivity contribution in [3.8, 4) is 6.07 Å². The van der Waals surface area contributed by atoms with E-state index in [1.165, 1.54) is 24.3 Å². The summed E-state index contributed by atoms with van der Waals surface area (Å²) in [5.41, 5.74) is 1.32. The van der Waals surface area contributed by atoms with Crippen molar-refractivity contribution in [2.45, 2.75) is 17.9 Å². The van der Waals surface area contributed by atoms with Crippen LogP contribution in [0.5, 0.6) is 0 Å². The molecule has 0 saturated carbocycles. The predicted octanol–water partition coefficient (Wildman–Crippen LogP) is 3.75. The third-order valence-electron chi connectivity index (χ3n) is 3.90. The topological polar surface area (TPSA) is 70.0 Å². The molecule has 1 N–H and O–H groups in total. The van der Waals surface area contributed by atoms with Crippen molar-refractivity contribution in [1.82, 2.24) is 4.72 Å². The highest BCUT2D eigenvalue weighted by atomic mass is 32.2. The number of nitrogens with zero attached hydrogens (tertiary/aromatic N) is 1. The molecule has 3 aromatic carbocycles. The normalized spacial score (nSPS) is 12.7. The molecular formula is C19H16N2O2S. The highest BCUT2D eigenvalue weighted by Crippen LogP contribution is 2.22. The van der Waals surface area contributed by atoms with Crippen molar-refractivity contribution in [3.05, 3.63) is 77.9 Å². The van der Waals surface area contributed by atoms with Crippen molar-refractivity contribution < 1.29 is 8.42 Å². The lowest BCUT2D eigenvalue weighted by Crippen LogP contribution is -2.26. The zero-order chi connectivity index (χ0) is 17.2. The van der Waals surface area contributed by atoms with Crippen LogP contribution in [0.3, 0.4) is 0 Å². The van der Waals surface area contributed by atoms with Crippen LogP contribution in [0.4, 0.5) is 0 Å². The van der Waals surface area contributed by atoms with Crippen molar-refractivity contribution in [1.29, 1.82) is 5.26 Å². The summed E-state index contributed by atoms with van der Waals surface area (Å²) < 4.78 is 27.7. The molecule has 0 fully saturated rings. The maximum Gasteiger partial charge on any atom is 0.241 e. The monoisotopic (exact) mass is 336 g/mol. The van der Waals surface area contributed by atoms with Gasteiger partial charge in [-0.1, -0.05) is 36.4 Å². The Morgan fingerprint density at radius 1 is 0.958 bits per heavy atom. The summed E-state index contributed by atoms with van der Waals surface area (Å²) in [5, 5.41) is 11.0. The van der Waals surface area contributed by atoms with Gasteiger partial charge < -0.3 is 0 Å². The molecule has 0 amide bonds. The first kappa shape index (κ1) is 16.2. The lowest BCUT2D eigenvalue weighted by atomic mass is 10.0. The number of rotatable bonds is 4. The molecule has 0 aromatic heterocycles. The van der Waals surface area contributed by atoms with E-state index in [9.17, 15) is 8.42 Å². The molecular weight excluding hydrogens is 320 g/mol. The van der Waals surface area contributed by atoms with E-state index in [1.54, 1.807) is 0 Å². The first-order chi connectivity index (χ1) is 11.5. The Bertz CT molecular complexity index is 1020. The van der Waals surface area contributed by atoms with Crippen molar-refractivity contribution in [3.63, 3.8) is 0 Å². The van der Waals surface area contributed by atoms with E-state index in [-0.39, 0.29) is 10.9 Å². The van der Waals surface area contributed by atoms with Gasteiger partial charge in [0.15, 0.2) is 0 Å². The van der Waals surface area contributed by atoms with Gasteiger partial charge in [-0.05, 0) is 53.6 Å². The van der Waals surface area contributed by atoms with Crippen LogP contribution in [0.15, 0.2) is 71.6 Å². The largest absolute Gasteiger partial charge is 0.241 e. The van der Waals surface area contributed by atoms with E-state index in [0.717, 1.165) is 16.3 Å². The van der Waals surface area contributed by atoms with Gasteiger partial charge in [-0.25, -0.2) is 13.1 Å². The van der Waals surface area contributed by atoms with Crippen LogP contribution in [-0.2, 0) is 10.0 Å². The molecule has 3 rings (SSSR count). The van der Waals surface area contributed by atoms with Crippen molar-refractivity contribution >= 4 is 20.8 Å². The quantitative estimate of drug-likeness (QED) is 0.789. The smallest absolute Gasteiger partial charge is 0.207 e. The minimum atomic E-state index is -3.65. The van der Waals surface area contributed by atoms with Gasteiger partial charge in [0.2, 0.25) is 10.0 Å². The van der Waals surface area contributed by atoms with Gasteiger partial charge in [0.05, 0.1) is 16.5 Å². The molecule has 0 aliphatic carbocycles. The van der Waals surface area contributed by atoms with Gasteiger partial charge in [0.25, 0.3) is 0 Å². The molecule has 0 unspecified atom stereocenters. The molecule has 24 heavy (non-hydrogen) atoms. The molecule has 0 aliphatic rings. The molecule has 0 bridgehead atoms. The van der Waals surface area contributed by atoms with E-state index >= 15 is 0 Å². The average molecular weight is 336 g/mol. The molecule has 3 aromatic rings. The van der Waals surface area contributed by atoms with Crippen molar-refractivity contribution in [2.75, 3.05) is 0 Å². The summed E-state index contributed by atoms with van der Waals surface area (Å²) in [6, 6.07) is 21.3. The molecule has 0 saturated heterocycles. The Hall–Kier alpha value is -2.68. The SMILES string of the molecule is C[C@H](NS(=O)(=O)c1ccc(C#N)cc1)c1ccc2ccccc2c1. The minimum Gasteiger partial charge on any atom is -0.207 e. The van der Waals surface area contributed by atoms with Crippen LogP contribution in [0.1, 0.15) is 24.1 Å². The van der Waals surface area contributed by atoms with E-state index in [0.29, 0.717) is 5.56 Å². The zero-order valence-electron chi connectivity index (χ0n) is 13.1. The fourth-order valence-corrected chi connectivity index (χ4v) is 3.79. The second-order valence-corrected chi connectivity index (χ2v) is 7.30. The van der Waals surface area contributed by atoms with Gasteiger partial charge >= 0.3 is 0 Å². The average Bonchev–Trinajstić information content (AvgIpc) is 2.61. The minimum absolute atomic E-state index is 0.147. The summed E-state index contributed by atoms with van der Waals surface area (Å²) in [5.74, 6) is 0. The molecule has 4 nitrogen and oxygen atoms in total. The maximum absolute atomic E-state index is 12.5. The van der Waals surface area contributed by atoms with Gasteiger partial charge in [-0.3, -0.25) is 0 Å².